The van der Waals surface area contributed by atoms with Gasteiger partial charge in [0.1, 0.15) is 12.2 Å². The third-order valence-corrected chi connectivity index (χ3v) is 12.8. The van der Waals surface area contributed by atoms with Crippen molar-refractivity contribution in [2.45, 2.75) is 308 Å². The molecule has 0 saturated carbocycles. The zero-order valence-electron chi connectivity index (χ0n) is 41.4. The van der Waals surface area contributed by atoms with Crippen molar-refractivity contribution in [3.05, 3.63) is 36.5 Å². The molecular formula is C56H107NO5. The lowest BCUT2D eigenvalue weighted by molar-refractivity contribution is -0.132. The second-order valence-corrected chi connectivity index (χ2v) is 18.9. The molecule has 0 aliphatic heterocycles. The van der Waals surface area contributed by atoms with Crippen molar-refractivity contribution in [1.29, 1.82) is 0 Å². The van der Waals surface area contributed by atoms with Crippen molar-refractivity contribution >= 4 is 5.91 Å². The fraction of sp³-hybridized carbons (Fsp3) is 0.875. The molecule has 0 aromatic rings. The van der Waals surface area contributed by atoms with Gasteiger partial charge < -0.3 is 25.7 Å². The van der Waals surface area contributed by atoms with Crippen LogP contribution in [0.3, 0.4) is 0 Å². The molecule has 0 saturated heterocycles. The number of aliphatic hydroxyl groups is 4. The van der Waals surface area contributed by atoms with Gasteiger partial charge in [0.15, 0.2) is 0 Å². The molecule has 0 aromatic carbocycles. The van der Waals surface area contributed by atoms with E-state index in [-0.39, 0.29) is 0 Å². The van der Waals surface area contributed by atoms with Gasteiger partial charge in [-0.25, -0.2) is 0 Å². The summed E-state index contributed by atoms with van der Waals surface area (Å²) in [5.74, 6) is -0.594. The van der Waals surface area contributed by atoms with Gasteiger partial charge in [0, 0.05) is 0 Å². The van der Waals surface area contributed by atoms with Gasteiger partial charge >= 0.3 is 0 Å². The Morgan fingerprint density at radius 1 is 0.403 bits per heavy atom. The maximum Gasteiger partial charge on any atom is 0.249 e. The topological polar surface area (TPSA) is 110 Å². The van der Waals surface area contributed by atoms with Crippen LogP contribution in [0.4, 0.5) is 0 Å². The standard InChI is InChI=1S/C56H107NO5/c1-3-5-7-9-11-13-15-17-19-21-23-25-26-27-28-29-30-32-34-36-38-40-42-44-46-48-50-54(60)56(62)57-52(51-58)55(61)53(59)49-47-45-43-41-39-37-35-33-31-24-22-20-18-16-14-12-10-8-6-4-2/h23,25,27-28,41,43,52-55,58-61H,3-22,24,26,29-40,42,44-51H2,1-2H3,(H,57,62)/b25-23-,28-27-,43-41+. The van der Waals surface area contributed by atoms with Crippen molar-refractivity contribution in [2.75, 3.05) is 6.61 Å². The number of aliphatic hydroxyl groups excluding tert-OH is 4. The molecule has 0 aliphatic carbocycles. The van der Waals surface area contributed by atoms with E-state index in [0.29, 0.717) is 12.8 Å². The molecular weight excluding hydrogens is 767 g/mol. The van der Waals surface area contributed by atoms with E-state index in [4.69, 9.17) is 0 Å². The molecule has 0 aliphatic rings. The van der Waals surface area contributed by atoms with Crippen molar-refractivity contribution < 1.29 is 25.2 Å². The van der Waals surface area contributed by atoms with Gasteiger partial charge in [-0.15, -0.1) is 0 Å². The van der Waals surface area contributed by atoms with Crippen LogP contribution in [-0.4, -0.2) is 57.3 Å². The Kier molecular flexibility index (Phi) is 49.3. The van der Waals surface area contributed by atoms with Crippen molar-refractivity contribution in [2.24, 2.45) is 0 Å². The summed E-state index contributed by atoms with van der Waals surface area (Å²) in [5.41, 5.74) is 0. The summed E-state index contributed by atoms with van der Waals surface area (Å²) in [6, 6.07) is -1.00. The highest BCUT2D eigenvalue weighted by atomic mass is 16.3. The molecule has 0 fully saturated rings. The summed E-state index contributed by atoms with van der Waals surface area (Å²) in [6.07, 6.45) is 62.0. The van der Waals surface area contributed by atoms with Gasteiger partial charge in [0.05, 0.1) is 18.8 Å². The first kappa shape index (κ1) is 60.5. The van der Waals surface area contributed by atoms with Crippen LogP contribution in [-0.2, 0) is 4.79 Å². The third kappa shape index (κ3) is 43.8. The summed E-state index contributed by atoms with van der Waals surface area (Å²) < 4.78 is 0. The SMILES string of the molecule is CCCCCCCCCCC/C=C\C/C=C\CCCCCCCCCCCCC(O)C(=O)NC(CO)C(O)C(O)CCC/C=C/CCCCCCCCCCCCCCCCC. The Morgan fingerprint density at radius 2 is 0.710 bits per heavy atom. The smallest absolute Gasteiger partial charge is 0.249 e. The normalized spacial score (nSPS) is 14.1. The number of carbonyl (C=O) groups excluding carboxylic acids is 1. The predicted molar refractivity (Wildman–Crippen MR) is 270 cm³/mol. The van der Waals surface area contributed by atoms with Crippen molar-refractivity contribution in [1.82, 2.24) is 5.32 Å². The molecule has 366 valence electrons. The number of hydrogen-bond acceptors (Lipinski definition) is 5. The Balaban J connectivity index is 3.68. The van der Waals surface area contributed by atoms with E-state index >= 15 is 0 Å². The van der Waals surface area contributed by atoms with Gasteiger partial charge in [-0.1, -0.05) is 249 Å². The number of carbonyl (C=O) groups is 1. The lowest BCUT2D eigenvalue weighted by atomic mass is 10.00. The second kappa shape index (κ2) is 50.5. The molecule has 0 radical (unpaired) electrons. The van der Waals surface area contributed by atoms with E-state index < -0.39 is 36.9 Å². The van der Waals surface area contributed by atoms with Gasteiger partial charge in [0.2, 0.25) is 5.91 Å². The molecule has 1 amide bonds. The fourth-order valence-corrected chi connectivity index (χ4v) is 8.50. The first-order valence-corrected chi connectivity index (χ1v) is 27.4. The van der Waals surface area contributed by atoms with Crippen LogP contribution in [0, 0.1) is 0 Å². The molecule has 0 heterocycles. The molecule has 6 heteroatoms. The van der Waals surface area contributed by atoms with Crippen LogP contribution >= 0.6 is 0 Å². The quantitative estimate of drug-likeness (QED) is 0.0309. The summed E-state index contributed by atoms with van der Waals surface area (Å²) in [7, 11) is 0. The van der Waals surface area contributed by atoms with E-state index in [0.717, 1.165) is 44.9 Å². The van der Waals surface area contributed by atoms with Gasteiger partial charge in [-0.3, -0.25) is 4.79 Å². The maximum absolute atomic E-state index is 12.6. The number of rotatable bonds is 50. The lowest BCUT2D eigenvalue weighted by Gasteiger charge is -2.27. The number of amides is 1. The molecule has 6 nitrogen and oxygen atoms in total. The van der Waals surface area contributed by atoms with E-state index in [2.05, 4.69) is 55.6 Å². The predicted octanol–water partition coefficient (Wildman–Crippen LogP) is 15.6. The van der Waals surface area contributed by atoms with Crippen molar-refractivity contribution in [3.63, 3.8) is 0 Å². The van der Waals surface area contributed by atoms with Crippen LogP contribution in [0.25, 0.3) is 0 Å². The Hall–Kier alpha value is -1.47. The average Bonchev–Trinajstić information content (AvgIpc) is 3.28. The monoisotopic (exact) mass is 874 g/mol. The molecule has 62 heavy (non-hydrogen) atoms. The van der Waals surface area contributed by atoms with Gasteiger partial charge in [0.25, 0.3) is 0 Å². The Bertz CT molecular complexity index is 981. The summed E-state index contributed by atoms with van der Waals surface area (Å²) >= 11 is 0. The summed E-state index contributed by atoms with van der Waals surface area (Å²) in [6.45, 7) is 4.07. The first-order chi connectivity index (χ1) is 30.5. The number of allylic oxidation sites excluding steroid dienone is 6. The fourth-order valence-electron chi connectivity index (χ4n) is 8.50. The van der Waals surface area contributed by atoms with Crippen molar-refractivity contribution in [3.8, 4) is 0 Å². The zero-order valence-corrected chi connectivity index (χ0v) is 41.4. The zero-order chi connectivity index (χ0) is 45.2. The van der Waals surface area contributed by atoms with Crippen LogP contribution in [0.5, 0.6) is 0 Å². The summed E-state index contributed by atoms with van der Waals surface area (Å²) in [4.78, 5) is 12.6. The summed E-state index contributed by atoms with van der Waals surface area (Å²) in [5, 5.41) is 43.9. The molecule has 4 atom stereocenters. The molecule has 0 rings (SSSR count). The average molecular weight is 874 g/mol. The van der Waals surface area contributed by atoms with Gasteiger partial charge in [-0.2, -0.15) is 0 Å². The number of unbranched alkanes of at least 4 members (excludes halogenated alkanes) is 35. The number of hydrogen-bond donors (Lipinski definition) is 5. The first-order valence-electron chi connectivity index (χ1n) is 27.4. The van der Waals surface area contributed by atoms with E-state index in [9.17, 15) is 25.2 Å². The minimum atomic E-state index is -1.28. The molecule has 5 N–H and O–H groups in total. The van der Waals surface area contributed by atoms with Crippen LogP contribution < -0.4 is 5.32 Å². The van der Waals surface area contributed by atoms with Crippen LogP contribution in [0.2, 0.25) is 0 Å². The highest BCUT2D eigenvalue weighted by Gasteiger charge is 2.28. The molecule has 0 bridgehead atoms. The second-order valence-electron chi connectivity index (χ2n) is 18.9. The van der Waals surface area contributed by atoms with Crippen LogP contribution in [0.15, 0.2) is 36.5 Å². The van der Waals surface area contributed by atoms with E-state index in [1.165, 1.54) is 212 Å². The maximum atomic E-state index is 12.6. The Morgan fingerprint density at radius 3 is 1.06 bits per heavy atom. The minimum Gasteiger partial charge on any atom is -0.394 e. The van der Waals surface area contributed by atoms with E-state index in [1.54, 1.807) is 0 Å². The highest BCUT2D eigenvalue weighted by molar-refractivity contribution is 5.80. The molecule has 4 unspecified atom stereocenters. The van der Waals surface area contributed by atoms with Crippen LogP contribution in [0.1, 0.15) is 284 Å². The van der Waals surface area contributed by atoms with Gasteiger partial charge in [-0.05, 0) is 70.6 Å². The lowest BCUT2D eigenvalue weighted by Crippen LogP contribution is -2.53. The van der Waals surface area contributed by atoms with E-state index in [1.807, 2.05) is 0 Å². The molecule has 0 spiro atoms. The highest BCUT2D eigenvalue weighted by Crippen LogP contribution is 2.17. The molecule has 0 aromatic heterocycles. The third-order valence-electron chi connectivity index (χ3n) is 12.8. The minimum absolute atomic E-state index is 0.360. The number of nitrogens with one attached hydrogen (secondary N) is 1. The largest absolute Gasteiger partial charge is 0.394 e. The Labute approximate surface area is 386 Å².